The van der Waals surface area contributed by atoms with Crippen LogP contribution in [-0.4, -0.2) is 15.7 Å². The highest BCUT2D eigenvalue weighted by molar-refractivity contribution is 6.32. The van der Waals surface area contributed by atoms with Gasteiger partial charge in [-0.25, -0.2) is 4.68 Å². The van der Waals surface area contributed by atoms with E-state index in [1.807, 2.05) is 115 Å². The Labute approximate surface area is 221 Å². The topological polar surface area (TPSA) is 56.1 Å². The summed E-state index contributed by atoms with van der Waals surface area (Å²) in [5, 5.41) is 8.43. The fourth-order valence-electron chi connectivity index (χ4n) is 4.05. The van der Waals surface area contributed by atoms with Crippen molar-refractivity contribution in [1.29, 1.82) is 0 Å². The van der Waals surface area contributed by atoms with Crippen molar-refractivity contribution in [3.63, 3.8) is 0 Å². The second-order valence-electron chi connectivity index (χ2n) is 8.75. The smallest absolute Gasteiger partial charge is 0.251 e. The largest absolute Gasteiger partial charge is 0.487 e. The van der Waals surface area contributed by atoms with Crippen molar-refractivity contribution in [2.45, 2.75) is 20.1 Å². The zero-order valence-electron chi connectivity index (χ0n) is 20.4. The molecule has 184 valence electrons. The first-order valence-electron chi connectivity index (χ1n) is 12.0. The molecule has 0 fully saturated rings. The van der Waals surface area contributed by atoms with E-state index < -0.39 is 0 Å². The Balaban J connectivity index is 1.31. The number of hydrogen-bond acceptors (Lipinski definition) is 3. The summed E-state index contributed by atoms with van der Waals surface area (Å²) in [6, 6.07) is 33.0. The summed E-state index contributed by atoms with van der Waals surface area (Å²) in [4.78, 5) is 13.1. The number of para-hydroxylation sites is 1. The van der Waals surface area contributed by atoms with Gasteiger partial charge in [-0.3, -0.25) is 4.79 Å². The van der Waals surface area contributed by atoms with E-state index in [9.17, 15) is 4.79 Å². The monoisotopic (exact) mass is 507 g/mol. The molecular formula is C31H26ClN3O2. The van der Waals surface area contributed by atoms with E-state index in [2.05, 4.69) is 5.32 Å². The third-order valence-corrected chi connectivity index (χ3v) is 6.28. The minimum Gasteiger partial charge on any atom is -0.487 e. The Morgan fingerprint density at radius 1 is 0.919 bits per heavy atom. The molecule has 5 nitrogen and oxygen atoms in total. The molecule has 1 N–H and O–H groups in total. The number of rotatable bonds is 8. The quantitative estimate of drug-likeness (QED) is 0.246. The fraction of sp³-hybridized carbons (Fsp3) is 0.0968. The number of ether oxygens (including phenoxy) is 1. The van der Waals surface area contributed by atoms with Crippen molar-refractivity contribution in [1.82, 2.24) is 15.1 Å². The zero-order valence-corrected chi connectivity index (χ0v) is 21.2. The van der Waals surface area contributed by atoms with E-state index >= 15 is 0 Å². The summed E-state index contributed by atoms with van der Waals surface area (Å²) in [5.74, 6) is 0.460. The van der Waals surface area contributed by atoms with Crippen molar-refractivity contribution >= 4 is 17.5 Å². The highest BCUT2D eigenvalue weighted by Gasteiger charge is 2.14. The number of benzene rings is 4. The van der Waals surface area contributed by atoms with E-state index in [1.54, 1.807) is 6.07 Å². The summed E-state index contributed by atoms with van der Waals surface area (Å²) in [7, 11) is 0. The van der Waals surface area contributed by atoms with Gasteiger partial charge in [-0.05, 0) is 54.4 Å². The van der Waals surface area contributed by atoms with Crippen LogP contribution in [0.2, 0.25) is 5.02 Å². The van der Waals surface area contributed by atoms with Gasteiger partial charge in [0, 0.05) is 29.4 Å². The standard InChI is InChI=1S/C31H26ClN3O2/c1-22-15-16-28(32)29(17-22)37-21-23-9-8-12-25(18-23)31(36)33-19-26-20-35(27-13-6-3-7-14-27)34-30(26)24-10-4-2-5-11-24/h2-18,20H,19,21H2,1H3,(H,33,36). The van der Waals surface area contributed by atoms with Crippen LogP contribution in [0.1, 0.15) is 27.0 Å². The number of hydrogen-bond donors (Lipinski definition) is 1. The lowest BCUT2D eigenvalue weighted by atomic mass is 10.1. The van der Waals surface area contributed by atoms with Gasteiger partial charge in [0.2, 0.25) is 0 Å². The number of amides is 1. The molecule has 0 unspecified atom stereocenters. The lowest BCUT2D eigenvalue weighted by molar-refractivity contribution is 0.0951. The lowest BCUT2D eigenvalue weighted by Crippen LogP contribution is -2.23. The molecule has 1 aromatic heterocycles. The molecule has 0 aliphatic carbocycles. The third-order valence-electron chi connectivity index (χ3n) is 5.97. The molecular weight excluding hydrogens is 482 g/mol. The molecule has 0 aliphatic heterocycles. The Morgan fingerprint density at radius 2 is 1.68 bits per heavy atom. The van der Waals surface area contributed by atoms with E-state index in [1.165, 1.54) is 0 Å². The van der Waals surface area contributed by atoms with Crippen molar-refractivity contribution in [3.8, 4) is 22.7 Å². The highest BCUT2D eigenvalue weighted by Crippen LogP contribution is 2.26. The van der Waals surface area contributed by atoms with Crippen LogP contribution in [0, 0.1) is 6.92 Å². The average molecular weight is 508 g/mol. The first-order chi connectivity index (χ1) is 18.1. The fourth-order valence-corrected chi connectivity index (χ4v) is 4.23. The van der Waals surface area contributed by atoms with Gasteiger partial charge < -0.3 is 10.1 Å². The second-order valence-corrected chi connectivity index (χ2v) is 9.16. The normalized spacial score (nSPS) is 10.8. The van der Waals surface area contributed by atoms with Crippen LogP contribution in [0.5, 0.6) is 5.75 Å². The first kappa shape index (κ1) is 24.3. The number of nitrogens with zero attached hydrogens (tertiary/aromatic N) is 2. The Kier molecular flexibility index (Phi) is 7.33. The number of nitrogens with one attached hydrogen (secondary N) is 1. The minimum atomic E-state index is -0.165. The highest BCUT2D eigenvalue weighted by atomic mass is 35.5. The maximum atomic E-state index is 13.1. The molecule has 5 aromatic rings. The van der Waals surface area contributed by atoms with Crippen molar-refractivity contribution < 1.29 is 9.53 Å². The van der Waals surface area contributed by atoms with E-state index in [4.69, 9.17) is 21.4 Å². The molecule has 0 saturated heterocycles. The number of carbonyl (C=O) groups is 1. The molecule has 6 heteroatoms. The molecule has 1 heterocycles. The van der Waals surface area contributed by atoms with Crippen LogP contribution in [-0.2, 0) is 13.2 Å². The predicted octanol–water partition coefficient (Wildman–Crippen LogP) is 7.01. The van der Waals surface area contributed by atoms with E-state index in [0.717, 1.165) is 33.6 Å². The lowest BCUT2D eigenvalue weighted by Gasteiger charge is -2.10. The molecule has 0 aliphatic rings. The van der Waals surface area contributed by atoms with Gasteiger partial charge in [0.15, 0.2) is 0 Å². The second kappa shape index (κ2) is 11.1. The summed E-state index contributed by atoms with van der Waals surface area (Å²) >= 11 is 6.25. The molecule has 0 spiro atoms. The number of carbonyl (C=O) groups excluding carboxylic acids is 1. The summed E-state index contributed by atoms with van der Waals surface area (Å²) < 4.78 is 7.75. The van der Waals surface area contributed by atoms with Gasteiger partial charge in [-0.2, -0.15) is 5.10 Å². The number of aryl methyl sites for hydroxylation is 1. The Morgan fingerprint density at radius 3 is 2.46 bits per heavy atom. The molecule has 0 bridgehead atoms. The molecule has 5 rings (SSSR count). The van der Waals surface area contributed by atoms with Gasteiger partial charge in [-0.15, -0.1) is 0 Å². The maximum absolute atomic E-state index is 13.1. The van der Waals surface area contributed by atoms with Crippen LogP contribution >= 0.6 is 11.6 Å². The number of halogens is 1. The predicted molar refractivity (Wildman–Crippen MR) is 147 cm³/mol. The molecule has 37 heavy (non-hydrogen) atoms. The summed E-state index contributed by atoms with van der Waals surface area (Å²) in [6.07, 6.45) is 1.97. The van der Waals surface area contributed by atoms with Crippen LogP contribution in [0.25, 0.3) is 16.9 Å². The average Bonchev–Trinajstić information content (AvgIpc) is 3.38. The molecule has 1 amide bonds. The minimum absolute atomic E-state index is 0.165. The first-order valence-corrected chi connectivity index (χ1v) is 12.4. The molecule has 0 atom stereocenters. The zero-order chi connectivity index (χ0) is 25.6. The van der Waals surface area contributed by atoms with Crippen molar-refractivity contribution in [2.75, 3.05) is 0 Å². The van der Waals surface area contributed by atoms with Crippen LogP contribution in [0.4, 0.5) is 0 Å². The van der Waals surface area contributed by atoms with Crippen molar-refractivity contribution in [2.24, 2.45) is 0 Å². The van der Waals surface area contributed by atoms with E-state index in [0.29, 0.717) is 29.5 Å². The van der Waals surface area contributed by atoms with Gasteiger partial charge in [-0.1, -0.05) is 78.3 Å². The van der Waals surface area contributed by atoms with Crippen LogP contribution in [0.3, 0.4) is 0 Å². The van der Waals surface area contributed by atoms with Gasteiger partial charge in [0.1, 0.15) is 12.4 Å². The molecule has 0 radical (unpaired) electrons. The Hall–Kier alpha value is -4.35. The number of aromatic nitrogens is 2. The van der Waals surface area contributed by atoms with Gasteiger partial charge in [0.05, 0.1) is 16.4 Å². The van der Waals surface area contributed by atoms with Crippen LogP contribution < -0.4 is 10.1 Å². The molecule has 4 aromatic carbocycles. The summed E-state index contributed by atoms with van der Waals surface area (Å²) in [6.45, 7) is 2.64. The Bertz CT molecular complexity index is 1510. The van der Waals surface area contributed by atoms with E-state index in [-0.39, 0.29) is 5.91 Å². The van der Waals surface area contributed by atoms with Gasteiger partial charge in [0.25, 0.3) is 5.91 Å². The van der Waals surface area contributed by atoms with Crippen molar-refractivity contribution in [3.05, 3.63) is 137 Å². The van der Waals surface area contributed by atoms with Gasteiger partial charge >= 0.3 is 0 Å². The SMILES string of the molecule is Cc1ccc(Cl)c(OCc2cccc(C(=O)NCc3cn(-c4ccccc4)nc3-c3ccccc3)c2)c1. The third kappa shape index (κ3) is 5.90. The molecule has 0 saturated carbocycles. The summed E-state index contributed by atoms with van der Waals surface area (Å²) in [5.41, 5.74) is 6.23. The maximum Gasteiger partial charge on any atom is 0.251 e. The van der Waals surface area contributed by atoms with Crippen LogP contribution in [0.15, 0.2) is 109 Å².